The molecule has 1 aromatic rings. The van der Waals surface area contributed by atoms with Crippen molar-refractivity contribution in [3.63, 3.8) is 0 Å². The molecule has 106 valence electrons. The predicted octanol–water partition coefficient (Wildman–Crippen LogP) is 1.55. The second-order valence-electron chi connectivity index (χ2n) is 4.91. The molecule has 0 bridgehead atoms. The van der Waals surface area contributed by atoms with Crippen molar-refractivity contribution in [2.45, 2.75) is 37.1 Å². The van der Waals surface area contributed by atoms with Gasteiger partial charge in [-0.2, -0.15) is 0 Å². The monoisotopic (exact) mass is 286 g/mol. The van der Waals surface area contributed by atoms with Crippen LogP contribution in [0, 0.1) is 12.7 Å². The number of halogens is 1. The van der Waals surface area contributed by atoms with E-state index in [4.69, 9.17) is 0 Å². The largest absolute Gasteiger partial charge is 0.313 e. The Labute approximate surface area is 113 Å². The standard InChI is InChI=1S/C13H19FN2O2S/c1-10-5-6-11(14)8-13(10)19(17,18)16-9-12-4-2-3-7-15-12/h5-6,8,12,15-16H,2-4,7,9H2,1H3. The lowest BCUT2D eigenvalue weighted by molar-refractivity contribution is 0.398. The molecule has 2 N–H and O–H groups in total. The van der Waals surface area contributed by atoms with Gasteiger partial charge in [-0.25, -0.2) is 17.5 Å². The molecule has 1 atom stereocenters. The minimum Gasteiger partial charge on any atom is -0.313 e. The lowest BCUT2D eigenvalue weighted by Gasteiger charge is -2.23. The number of piperidine rings is 1. The van der Waals surface area contributed by atoms with Gasteiger partial charge in [0.25, 0.3) is 0 Å². The second-order valence-corrected chi connectivity index (χ2v) is 6.64. The maximum absolute atomic E-state index is 13.2. The van der Waals surface area contributed by atoms with Crippen molar-refractivity contribution in [1.29, 1.82) is 0 Å². The van der Waals surface area contributed by atoms with Crippen LogP contribution in [0.15, 0.2) is 23.1 Å². The van der Waals surface area contributed by atoms with E-state index in [0.29, 0.717) is 12.1 Å². The molecule has 0 spiro atoms. The van der Waals surface area contributed by atoms with Crippen molar-refractivity contribution >= 4 is 10.0 Å². The molecule has 6 heteroatoms. The first-order chi connectivity index (χ1) is 8.99. The lowest BCUT2D eigenvalue weighted by atomic mass is 10.1. The van der Waals surface area contributed by atoms with Crippen LogP contribution in [0.5, 0.6) is 0 Å². The van der Waals surface area contributed by atoms with Crippen LogP contribution in [0.3, 0.4) is 0 Å². The third kappa shape index (κ3) is 3.75. The quantitative estimate of drug-likeness (QED) is 0.883. The Balaban J connectivity index is 2.07. The van der Waals surface area contributed by atoms with Gasteiger partial charge in [0, 0.05) is 12.6 Å². The Morgan fingerprint density at radius 3 is 2.89 bits per heavy atom. The fraction of sp³-hybridized carbons (Fsp3) is 0.538. The van der Waals surface area contributed by atoms with E-state index in [9.17, 15) is 12.8 Å². The topological polar surface area (TPSA) is 58.2 Å². The minimum atomic E-state index is -3.64. The molecule has 1 aliphatic rings. The number of benzene rings is 1. The summed E-state index contributed by atoms with van der Waals surface area (Å²) >= 11 is 0. The fourth-order valence-corrected chi connectivity index (χ4v) is 3.59. The van der Waals surface area contributed by atoms with Crippen LogP contribution in [-0.4, -0.2) is 27.5 Å². The van der Waals surface area contributed by atoms with Crippen LogP contribution in [0.2, 0.25) is 0 Å². The second kappa shape index (κ2) is 5.98. The van der Waals surface area contributed by atoms with E-state index >= 15 is 0 Å². The summed E-state index contributed by atoms with van der Waals surface area (Å²) in [7, 11) is -3.64. The summed E-state index contributed by atoms with van der Waals surface area (Å²) in [5.41, 5.74) is 0.547. The first kappa shape index (κ1) is 14.4. The van der Waals surface area contributed by atoms with Gasteiger partial charge >= 0.3 is 0 Å². The number of nitrogens with one attached hydrogen (secondary N) is 2. The first-order valence-electron chi connectivity index (χ1n) is 6.48. The van der Waals surface area contributed by atoms with E-state index in [1.54, 1.807) is 6.92 Å². The Kier molecular flexibility index (Phi) is 4.54. The zero-order chi connectivity index (χ0) is 13.9. The Morgan fingerprint density at radius 2 is 2.21 bits per heavy atom. The Morgan fingerprint density at radius 1 is 1.42 bits per heavy atom. The number of sulfonamides is 1. The molecule has 19 heavy (non-hydrogen) atoms. The molecule has 1 aliphatic heterocycles. The molecule has 1 saturated heterocycles. The number of hydrogen-bond acceptors (Lipinski definition) is 3. The zero-order valence-electron chi connectivity index (χ0n) is 10.9. The predicted molar refractivity (Wildman–Crippen MR) is 72.0 cm³/mol. The summed E-state index contributed by atoms with van der Waals surface area (Å²) in [5, 5.41) is 3.27. The van der Waals surface area contributed by atoms with Gasteiger partial charge in [0.05, 0.1) is 4.90 Å². The van der Waals surface area contributed by atoms with Crippen molar-refractivity contribution in [3.05, 3.63) is 29.6 Å². The highest BCUT2D eigenvalue weighted by Gasteiger charge is 2.20. The molecule has 1 fully saturated rings. The van der Waals surface area contributed by atoms with Crippen molar-refractivity contribution in [2.75, 3.05) is 13.1 Å². The van der Waals surface area contributed by atoms with E-state index in [1.807, 2.05) is 0 Å². The molecule has 1 heterocycles. The first-order valence-corrected chi connectivity index (χ1v) is 7.96. The third-order valence-electron chi connectivity index (χ3n) is 3.37. The van der Waals surface area contributed by atoms with Crippen LogP contribution in [-0.2, 0) is 10.0 Å². The van der Waals surface area contributed by atoms with Crippen molar-refractivity contribution in [3.8, 4) is 0 Å². The Bertz CT molecular complexity index is 540. The highest BCUT2D eigenvalue weighted by molar-refractivity contribution is 7.89. The average molecular weight is 286 g/mol. The number of aryl methyl sites for hydroxylation is 1. The van der Waals surface area contributed by atoms with E-state index in [0.717, 1.165) is 31.9 Å². The highest BCUT2D eigenvalue weighted by Crippen LogP contribution is 2.16. The fourth-order valence-electron chi connectivity index (χ4n) is 2.25. The van der Waals surface area contributed by atoms with Gasteiger partial charge in [0.2, 0.25) is 10.0 Å². The highest BCUT2D eigenvalue weighted by atomic mass is 32.2. The molecule has 0 amide bonds. The van der Waals surface area contributed by atoms with Crippen LogP contribution >= 0.6 is 0 Å². The molecular formula is C13H19FN2O2S. The number of hydrogen-bond donors (Lipinski definition) is 2. The van der Waals surface area contributed by atoms with E-state index in [2.05, 4.69) is 10.0 Å². The summed E-state index contributed by atoms with van der Waals surface area (Å²) in [6.07, 6.45) is 3.20. The maximum Gasteiger partial charge on any atom is 0.240 e. The van der Waals surface area contributed by atoms with Crippen molar-refractivity contribution in [2.24, 2.45) is 0 Å². The summed E-state index contributed by atoms with van der Waals surface area (Å²) in [5.74, 6) is -0.540. The van der Waals surface area contributed by atoms with Gasteiger partial charge < -0.3 is 5.32 Å². The van der Waals surface area contributed by atoms with Crippen molar-refractivity contribution in [1.82, 2.24) is 10.0 Å². The molecular weight excluding hydrogens is 267 g/mol. The van der Waals surface area contributed by atoms with E-state index in [-0.39, 0.29) is 10.9 Å². The summed E-state index contributed by atoms with van der Waals surface area (Å²) in [6, 6.07) is 3.96. The van der Waals surface area contributed by atoms with E-state index < -0.39 is 15.8 Å². The van der Waals surface area contributed by atoms with Gasteiger partial charge in [-0.1, -0.05) is 12.5 Å². The van der Waals surface area contributed by atoms with Crippen LogP contribution in [0.25, 0.3) is 0 Å². The molecule has 0 aromatic heterocycles. The molecule has 2 rings (SSSR count). The molecule has 0 aliphatic carbocycles. The molecule has 0 radical (unpaired) electrons. The number of rotatable bonds is 4. The van der Waals surface area contributed by atoms with Gasteiger partial charge in [-0.15, -0.1) is 0 Å². The zero-order valence-corrected chi connectivity index (χ0v) is 11.8. The molecule has 0 saturated carbocycles. The SMILES string of the molecule is Cc1ccc(F)cc1S(=O)(=O)NCC1CCCCN1. The third-order valence-corrected chi connectivity index (χ3v) is 4.94. The normalized spacial score (nSPS) is 20.4. The van der Waals surface area contributed by atoms with Crippen LogP contribution < -0.4 is 10.0 Å². The maximum atomic E-state index is 13.2. The molecule has 4 nitrogen and oxygen atoms in total. The van der Waals surface area contributed by atoms with E-state index in [1.165, 1.54) is 12.1 Å². The van der Waals surface area contributed by atoms with Gasteiger partial charge in [0.15, 0.2) is 0 Å². The molecule has 1 unspecified atom stereocenters. The lowest BCUT2D eigenvalue weighted by Crippen LogP contribution is -2.43. The van der Waals surface area contributed by atoms with Gasteiger partial charge in [-0.05, 0) is 44.0 Å². The minimum absolute atomic E-state index is 0.0170. The average Bonchev–Trinajstić information content (AvgIpc) is 2.40. The smallest absolute Gasteiger partial charge is 0.240 e. The summed E-state index contributed by atoms with van der Waals surface area (Å²) in [4.78, 5) is 0.0170. The van der Waals surface area contributed by atoms with Crippen LogP contribution in [0.1, 0.15) is 24.8 Å². The van der Waals surface area contributed by atoms with Crippen LogP contribution in [0.4, 0.5) is 4.39 Å². The summed E-state index contributed by atoms with van der Waals surface area (Å²) in [6.45, 7) is 2.93. The Hall–Kier alpha value is -0.980. The summed E-state index contributed by atoms with van der Waals surface area (Å²) < 4.78 is 40.0. The molecule has 1 aromatic carbocycles. The van der Waals surface area contributed by atoms with Crippen molar-refractivity contribution < 1.29 is 12.8 Å². The van der Waals surface area contributed by atoms with Gasteiger partial charge in [0.1, 0.15) is 5.82 Å². The van der Waals surface area contributed by atoms with Gasteiger partial charge in [-0.3, -0.25) is 0 Å².